The summed E-state index contributed by atoms with van der Waals surface area (Å²) in [4.78, 5) is 8.57. The molecule has 3 rings (SSSR count). The predicted molar refractivity (Wildman–Crippen MR) is 83.0 cm³/mol. The minimum Gasteiger partial charge on any atom is -0.377 e. The zero-order valence-corrected chi connectivity index (χ0v) is 11.8. The van der Waals surface area contributed by atoms with Gasteiger partial charge in [0.25, 0.3) is 0 Å². The van der Waals surface area contributed by atoms with Gasteiger partial charge in [-0.05, 0) is 42.8 Å². The van der Waals surface area contributed by atoms with Crippen molar-refractivity contribution in [2.45, 2.75) is 13.0 Å². The molecule has 0 saturated carbocycles. The molecule has 2 heterocycles. The van der Waals surface area contributed by atoms with Crippen molar-refractivity contribution in [2.24, 2.45) is 0 Å². The van der Waals surface area contributed by atoms with Gasteiger partial charge in [0.15, 0.2) is 0 Å². The molecule has 1 unspecified atom stereocenters. The number of aromatic nitrogens is 2. The van der Waals surface area contributed by atoms with Crippen LogP contribution in [0.1, 0.15) is 18.5 Å². The van der Waals surface area contributed by atoms with E-state index in [-0.39, 0.29) is 6.04 Å². The molecule has 2 aromatic heterocycles. The van der Waals surface area contributed by atoms with E-state index in [4.69, 9.17) is 11.6 Å². The minimum absolute atomic E-state index is 0.148. The van der Waals surface area contributed by atoms with Crippen LogP contribution in [-0.2, 0) is 0 Å². The standard InChI is InChI=1S/C16H14ClN3/c1-11(12-4-2-8-18-10-12)20-15-7-6-14(17)13-5-3-9-19-16(13)15/h2-11,20H,1H3. The van der Waals surface area contributed by atoms with Crippen molar-refractivity contribution >= 4 is 28.2 Å². The number of nitrogens with one attached hydrogen (secondary N) is 1. The second-order valence-electron chi connectivity index (χ2n) is 4.65. The third-order valence-corrected chi connectivity index (χ3v) is 3.60. The number of rotatable bonds is 3. The van der Waals surface area contributed by atoms with E-state index in [1.54, 1.807) is 12.4 Å². The molecule has 20 heavy (non-hydrogen) atoms. The van der Waals surface area contributed by atoms with Gasteiger partial charge in [-0.3, -0.25) is 9.97 Å². The summed E-state index contributed by atoms with van der Waals surface area (Å²) in [5.74, 6) is 0. The largest absolute Gasteiger partial charge is 0.377 e. The van der Waals surface area contributed by atoms with E-state index in [1.807, 2.05) is 36.5 Å². The molecule has 3 aromatic rings. The molecule has 3 nitrogen and oxygen atoms in total. The van der Waals surface area contributed by atoms with Crippen molar-refractivity contribution in [1.29, 1.82) is 0 Å². The van der Waals surface area contributed by atoms with Gasteiger partial charge in [-0.1, -0.05) is 17.7 Å². The molecule has 0 radical (unpaired) electrons. The van der Waals surface area contributed by atoms with Crippen LogP contribution in [0.15, 0.2) is 55.0 Å². The van der Waals surface area contributed by atoms with Crippen LogP contribution < -0.4 is 5.32 Å². The first-order chi connectivity index (χ1) is 9.75. The fraction of sp³-hybridized carbons (Fsp3) is 0.125. The van der Waals surface area contributed by atoms with Crippen LogP contribution in [0, 0.1) is 0 Å². The van der Waals surface area contributed by atoms with Gasteiger partial charge < -0.3 is 5.32 Å². The van der Waals surface area contributed by atoms with Crippen molar-refractivity contribution in [3.8, 4) is 0 Å². The number of hydrogen-bond acceptors (Lipinski definition) is 3. The molecule has 0 aliphatic rings. The van der Waals surface area contributed by atoms with Crippen LogP contribution in [0.5, 0.6) is 0 Å². The van der Waals surface area contributed by atoms with Gasteiger partial charge in [-0.2, -0.15) is 0 Å². The highest BCUT2D eigenvalue weighted by atomic mass is 35.5. The highest BCUT2D eigenvalue weighted by molar-refractivity contribution is 6.35. The number of hydrogen-bond donors (Lipinski definition) is 1. The highest BCUT2D eigenvalue weighted by Gasteiger charge is 2.09. The number of fused-ring (bicyclic) bond motifs is 1. The molecule has 1 atom stereocenters. The molecule has 0 aliphatic heterocycles. The number of benzene rings is 1. The van der Waals surface area contributed by atoms with Crippen molar-refractivity contribution in [3.05, 3.63) is 65.6 Å². The van der Waals surface area contributed by atoms with E-state index >= 15 is 0 Å². The highest BCUT2D eigenvalue weighted by Crippen LogP contribution is 2.30. The van der Waals surface area contributed by atoms with Crippen LogP contribution in [0.25, 0.3) is 10.9 Å². The summed E-state index contributed by atoms with van der Waals surface area (Å²) in [6.45, 7) is 2.10. The summed E-state index contributed by atoms with van der Waals surface area (Å²) in [6.07, 6.45) is 5.41. The Hall–Kier alpha value is -2.13. The molecule has 0 aliphatic carbocycles. The fourth-order valence-electron chi connectivity index (χ4n) is 2.20. The lowest BCUT2D eigenvalue weighted by molar-refractivity contribution is 0.877. The molecule has 0 spiro atoms. The molecule has 0 saturated heterocycles. The summed E-state index contributed by atoms with van der Waals surface area (Å²) in [6, 6.07) is 11.9. The molecule has 4 heteroatoms. The van der Waals surface area contributed by atoms with Crippen LogP contribution in [0.4, 0.5) is 5.69 Å². The topological polar surface area (TPSA) is 37.8 Å². The SMILES string of the molecule is CC(Nc1ccc(Cl)c2cccnc12)c1cccnc1. The summed E-state index contributed by atoms with van der Waals surface area (Å²) in [7, 11) is 0. The first-order valence-corrected chi connectivity index (χ1v) is 6.83. The van der Waals surface area contributed by atoms with E-state index < -0.39 is 0 Å². The van der Waals surface area contributed by atoms with E-state index in [0.29, 0.717) is 5.02 Å². The second-order valence-corrected chi connectivity index (χ2v) is 5.05. The zero-order chi connectivity index (χ0) is 13.9. The Kier molecular flexibility index (Phi) is 3.52. The molecule has 0 amide bonds. The predicted octanol–water partition coefficient (Wildman–Crippen LogP) is 4.46. The Morgan fingerprint density at radius 1 is 1.10 bits per heavy atom. The Bertz CT molecular complexity index is 728. The summed E-state index contributed by atoms with van der Waals surface area (Å²) >= 11 is 6.20. The second kappa shape index (κ2) is 5.47. The fourth-order valence-corrected chi connectivity index (χ4v) is 2.42. The Balaban J connectivity index is 1.97. The first-order valence-electron chi connectivity index (χ1n) is 6.45. The van der Waals surface area contributed by atoms with E-state index in [1.165, 1.54) is 0 Å². The van der Waals surface area contributed by atoms with Crippen molar-refractivity contribution in [2.75, 3.05) is 5.32 Å². The Morgan fingerprint density at radius 2 is 1.95 bits per heavy atom. The molecule has 1 aromatic carbocycles. The zero-order valence-electron chi connectivity index (χ0n) is 11.0. The lowest BCUT2D eigenvalue weighted by Gasteiger charge is -2.16. The quantitative estimate of drug-likeness (QED) is 0.771. The Morgan fingerprint density at radius 3 is 2.75 bits per heavy atom. The summed E-state index contributed by atoms with van der Waals surface area (Å²) in [5, 5.41) is 5.14. The van der Waals surface area contributed by atoms with Gasteiger partial charge in [0.05, 0.1) is 22.3 Å². The summed E-state index contributed by atoms with van der Waals surface area (Å²) < 4.78 is 0. The third kappa shape index (κ3) is 2.45. The van der Waals surface area contributed by atoms with Crippen molar-refractivity contribution < 1.29 is 0 Å². The average molecular weight is 284 g/mol. The number of nitrogens with zero attached hydrogens (tertiary/aromatic N) is 2. The molecular weight excluding hydrogens is 270 g/mol. The number of halogens is 1. The van der Waals surface area contributed by atoms with Crippen LogP contribution in [0.2, 0.25) is 5.02 Å². The third-order valence-electron chi connectivity index (χ3n) is 3.27. The van der Waals surface area contributed by atoms with Crippen LogP contribution in [0.3, 0.4) is 0 Å². The summed E-state index contributed by atoms with van der Waals surface area (Å²) in [5.41, 5.74) is 2.99. The van der Waals surface area contributed by atoms with E-state index in [2.05, 4.69) is 28.3 Å². The van der Waals surface area contributed by atoms with E-state index in [9.17, 15) is 0 Å². The minimum atomic E-state index is 0.148. The van der Waals surface area contributed by atoms with Gasteiger partial charge in [0.2, 0.25) is 0 Å². The average Bonchev–Trinajstić information content (AvgIpc) is 2.51. The molecular formula is C16H14ClN3. The van der Waals surface area contributed by atoms with Gasteiger partial charge >= 0.3 is 0 Å². The molecule has 1 N–H and O–H groups in total. The van der Waals surface area contributed by atoms with E-state index in [0.717, 1.165) is 22.2 Å². The van der Waals surface area contributed by atoms with Gasteiger partial charge in [-0.25, -0.2) is 0 Å². The van der Waals surface area contributed by atoms with Crippen molar-refractivity contribution in [3.63, 3.8) is 0 Å². The monoisotopic (exact) mass is 283 g/mol. The van der Waals surface area contributed by atoms with Gasteiger partial charge in [-0.15, -0.1) is 0 Å². The maximum Gasteiger partial charge on any atom is 0.0948 e. The van der Waals surface area contributed by atoms with Crippen molar-refractivity contribution in [1.82, 2.24) is 9.97 Å². The smallest absolute Gasteiger partial charge is 0.0948 e. The molecule has 0 fully saturated rings. The van der Waals surface area contributed by atoms with Gasteiger partial charge in [0.1, 0.15) is 0 Å². The maximum atomic E-state index is 6.20. The number of anilines is 1. The molecule has 100 valence electrons. The maximum absolute atomic E-state index is 6.20. The lowest BCUT2D eigenvalue weighted by Crippen LogP contribution is -2.07. The number of pyridine rings is 2. The molecule has 0 bridgehead atoms. The van der Waals surface area contributed by atoms with Crippen LogP contribution >= 0.6 is 11.6 Å². The normalized spacial score (nSPS) is 12.3. The Labute approximate surface area is 122 Å². The van der Waals surface area contributed by atoms with Crippen LogP contribution in [-0.4, -0.2) is 9.97 Å². The lowest BCUT2D eigenvalue weighted by atomic mass is 10.1. The van der Waals surface area contributed by atoms with Gasteiger partial charge in [0, 0.05) is 24.0 Å². The first kappa shape index (κ1) is 12.9.